The predicted octanol–water partition coefficient (Wildman–Crippen LogP) is 6.23. The Morgan fingerprint density at radius 2 is 1.77 bits per heavy atom. The van der Waals surface area contributed by atoms with Crippen molar-refractivity contribution in [2.24, 2.45) is 0 Å². The van der Waals surface area contributed by atoms with Gasteiger partial charge >= 0.3 is 0 Å². The van der Waals surface area contributed by atoms with Crippen molar-refractivity contribution < 1.29 is 9.53 Å². The van der Waals surface area contributed by atoms with Crippen molar-refractivity contribution in [3.63, 3.8) is 0 Å². The van der Waals surface area contributed by atoms with Crippen molar-refractivity contribution in [3.05, 3.63) is 89.7 Å². The third-order valence-corrected chi connectivity index (χ3v) is 5.94. The molecular formula is C25H23N3O2S. The number of hydrogen-bond donors (Lipinski definition) is 2. The summed E-state index contributed by atoms with van der Waals surface area (Å²) in [5.41, 5.74) is 4.72. The summed E-state index contributed by atoms with van der Waals surface area (Å²) in [6, 6.07) is 19.3. The van der Waals surface area contributed by atoms with Gasteiger partial charge in [0.05, 0.1) is 17.7 Å². The van der Waals surface area contributed by atoms with Crippen molar-refractivity contribution in [1.29, 1.82) is 0 Å². The first kappa shape index (κ1) is 20.8. The van der Waals surface area contributed by atoms with Crippen LogP contribution in [-0.4, -0.2) is 18.0 Å². The van der Waals surface area contributed by atoms with Crippen LogP contribution in [-0.2, 0) is 0 Å². The Hall–Kier alpha value is -3.51. The second-order valence-electron chi connectivity index (χ2n) is 7.19. The Morgan fingerprint density at radius 1 is 1.00 bits per heavy atom. The molecule has 0 spiro atoms. The number of amides is 1. The maximum atomic E-state index is 13.0. The van der Waals surface area contributed by atoms with E-state index in [0.29, 0.717) is 11.3 Å². The van der Waals surface area contributed by atoms with E-state index in [-0.39, 0.29) is 5.91 Å². The third kappa shape index (κ3) is 4.49. The number of hydrogen-bond acceptors (Lipinski definition) is 5. The molecule has 0 unspecified atom stereocenters. The Morgan fingerprint density at radius 3 is 2.55 bits per heavy atom. The molecule has 6 heteroatoms. The summed E-state index contributed by atoms with van der Waals surface area (Å²) in [7, 11) is 1.64. The number of methoxy groups -OCH3 is 1. The third-order valence-electron chi connectivity index (χ3n) is 5.09. The predicted molar refractivity (Wildman–Crippen MR) is 128 cm³/mol. The van der Waals surface area contributed by atoms with Gasteiger partial charge in [0.1, 0.15) is 5.75 Å². The van der Waals surface area contributed by atoms with E-state index in [9.17, 15) is 4.79 Å². The van der Waals surface area contributed by atoms with Crippen LogP contribution in [0.1, 0.15) is 21.5 Å². The molecule has 3 aromatic carbocycles. The lowest BCUT2D eigenvalue weighted by Gasteiger charge is -2.15. The zero-order valence-electron chi connectivity index (χ0n) is 17.6. The average Bonchev–Trinajstić information content (AvgIpc) is 2.78. The first-order chi connectivity index (χ1) is 15.1. The molecule has 2 N–H and O–H groups in total. The van der Waals surface area contributed by atoms with Gasteiger partial charge in [-0.05, 0) is 72.6 Å². The van der Waals surface area contributed by atoms with Crippen molar-refractivity contribution in [2.45, 2.75) is 18.7 Å². The normalized spacial score (nSPS) is 10.7. The van der Waals surface area contributed by atoms with Gasteiger partial charge in [0.15, 0.2) is 0 Å². The quantitative estimate of drug-likeness (QED) is 0.356. The second kappa shape index (κ2) is 9.10. The fraction of sp³-hybridized carbons (Fsp3) is 0.120. The van der Waals surface area contributed by atoms with E-state index >= 15 is 0 Å². The summed E-state index contributed by atoms with van der Waals surface area (Å²) in [5.74, 6) is 0.568. The first-order valence-electron chi connectivity index (χ1n) is 9.88. The molecule has 0 radical (unpaired) electrons. The maximum absolute atomic E-state index is 13.0. The molecule has 1 aromatic heterocycles. The molecule has 0 fully saturated rings. The standard InChI is InChI=1S/C25H23N3O2S/c1-16-6-4-7-17(2)24(16)28-31-23-14-19(10-11-22(23)30-3)27-25(29)21-9-5-8-18-15-26-13-12-20(18)21/h4-15,28H,1-3H3,(H,27,29). The highest BCUT2D eigenvalue weighted by Crippen LogP contribution is 2.34. The number of rotatable bonds is 6. The van der Waals surface area contributed by atoms with E-state index in [1.807, 2.05) is 48.5 Å². The van der Waals surface area contributed by atoms with E-state index in [1.165, 1.54) is 23.1 Å². The van der Waals surface area contributed by atoms with E-state index < -0.39 is 0 Å². The van der Waals surface area contributed by atoms with Crippen LogP contribution >= 0.6 is 11.9 Å². The molecule has 0 aliphatic heterocycles. The van der Waals surface area contributed by atoms with Gasteiger partial charge in [-0.2, -0.15) is 0 Å². The van der Waals surface area contributed by atoms with Crippen LogP contribution in [0, 0.1) is 13.8 Å². The molecule has 0 bridgehead atoms. The molecule has 1 amide bonds. The minimum atomic E-state index is -0.166. The molecule has 0 atom stereocenters. The molecule has 0 saturated carbocycles. The molecule has 0 aliphatic carbocycles. The largest absolute Gasteiger partial charge is 0.496 e. The Balaban J connectivity index is 1.57. The number of ether oxygens (including phenoxy) is 1. The number of nitrogens with one attached hydrogen (secondary N) is 2. The number of nitrogens with zero attached hydrogens (tertiary/aromatic N) is 1. The molecular weight excluding hydrogens is 406 g/mol. The van der Waals surface area contributed by atoms with Crippen LogP contribution in [0.15, 0.2) is 78.0 Å². The lowest BCUT2D eigenvalue weighted by molar-refractivity contribution is 0.102. The van der Waals surface area contributed by atoms with Gasteiger partial charge < -0.3 is 14.8 Å². The zero-order valence-corrected chi connectivity index (χ0v) is 18.4. The number of aromatic nitrogens is 1. The molecule has 0 saturated heterocycles. The zero-order chi connectivity index (χ0) is 21.8. The molecule has 1 heterocycles. The Labute approximate surface area is 186 Å². The van der Waals surface area contributed by atoms with Crippen LogP contribution in [0.4, 0.5) is 11.4 Å². The highest BCUT2D eigenvalue weighted by molar-refractivity contribution is 8.00. The highest BCUT2D eigenvalue weighted by Gasteiger charge is 2.13. The number of pyridine rings is 1. The highest BCUT2D eigenvalue weighted by atomic mass is 32.2. The molecule has 0 aliphatic rings. The van der Waals surface area contributed by atoms with E-state index in [4.69, 9.17) is 4.74 Å². The van der Waals surface area contributed by atoms with Crippen LogP contribution in [0.5, 0.6) is 5.75 Å². The fourth-order valence-corrected chi connectivity index (χ4v) is 4.41. The van der Waals surface area contributed by atoms with E-state index in [2.05, 4.69) is 41.0 Å². The van der Waals surface area contributed by atoms with Gasteiger partial charge in [0, 0.05) is 29.0 Å². The fourth-order valence-electron chi connectivity index (χ4n) is 3.43. The van der Waals surface area contributed by atoms with Crippen LogP contribution in [0.25, 0.3) is 10.8 Å². The van der Waals surface area contributed by atoms with Crippen LogP contribution in [0.3, 0.4) is 0 Å². The molecule has 31 heavy (non-hydrogen) atoms. The Kier molecular flexibility index (Phi) is 6.09. The molecule has 4 rings (SSSR count). The van der Waals surface area contributed by atoms with Gasteiger partial charge in [-0.15, -0.1) is 0 Å². The van der Waals surface area contributed by atoms with Gasteiger partial charge in [0.2, 0.25) is 0 Å². The Bertz CT molecular complexity index is 1230. The summed E-state index contributed by atoms with van der Waals surface area (Å²) in [6.07, 6.45) is 3.45. The average molecular weight is 430 g/mol. The van der Waals surface area contributed by atoms with Gasteiger partial charge in [-0.3, -0.25) is 9.78 Å². The number of benzene rings is 3. The maximum Gasteiger partial charge on any atom is 0.256 e. The summed E-state index contributed by atoms with van der Waals surface area (Å²) >= 11 is 1.46. The lowest BCUT2D eigenvalue weighted by atomic mass is 10.1. The summed E-state index contributed by atoms with van der Waals surface area (Å²) < 4.78 is 8.94. The van der Waals surface area contributed by atoms with Gasteiger partial charge in [-0.25, -0.2) is 0 Å². The second-order valence-corrected chi connectivity index (χ2v) is 8.04. The minimum absolute atomic E-state index is 0.166. The number of carbonyl (C=O) groups excluding carboxylic acids is 1. The van der Waals surface area contributed by atoms with Crippen molar-refractivity contribution in [3.8, 4) is 5.75 Å². The van der Waals surface area contributed by atoms with Crippen LogP contribution in [0.2, 0.25) is 0 Å². The first-order valence-corrected chi connectivity index (χ1v) is 10.7. The number of anilines is 2. The number of carbonyl (C=O) groups is 1. The minimum Gasteiger partial charge on any atom is -0.496 e. The van der Waals surface area contributed by atoms with E-state index in [1.54, 1.807) is 19.5 Å². The van der Waals surface area contributed by atoms with Crippen molar-refractivity contribution in [2.75, 3.05) is 17.1 Å². The number of fused-ring (bicyclic) bond motifs is 1. The van der Waals surface area contributed by atoms with Crippen molar-refractivity contribution >= 4 is 40.0 Å². The van der Waals surface area contributed by atoms with Gasteiger partial charge in [0.25, 0.3) is 5.91 Å². The molecule has 5 nitrogen and oxygen atoms in total. The molecule has 156 valence electrons. The number of para-hydroxylation sites is 1. The SMILES string of the molecule is COc1ccc(NC(=O)c2cccc3cnccc23)cc1SNc1c(C)cccc1C. The molecule has 4 aromatic rings. The summed E-state index contributed by atoms with van der Waals surface area (Å²) in [6.45, 7) is 4.15. The number of aryl methyl sites for hydroxylation is 2. The van der Waals surface area contributed by atoms with Gasteiger partial charge in [-0.1, -0.05) is 30.3 Å². The van der Waals surface area contributed by atoms with E-state index in [0.717, 1.165) is 27.1 Å². The smallest absolute Gasteiger partial charge is 0.256 e. The van der Waals surface area contributed by atoms with Crippen molar-refractivity contribution in [1.82, 2.24) is 4.98 Å². The summed E-state index contributed by atoms with van der Waals surface area (Å²) in [4.78, 5) is 18.0. The van der Waals surface area contributed by atoms with Crippen LogP contribution < -0.4 is 14.8 Å². The monoisotopic (exact) mass is 429 g/mol. The lowest BCUT2D eigenvalue weighted by Crippen LogP contribution is -2.12. The topological polar surface area (TPSA) is 63.2 Å². The summed E-state index contributed by atoms with van der Waals surface area (Å²) in [5, 5.41) is 4.81.